The summed E-state index contributed by atoms with van der Waals surface area (Å²) in [5, 5.41) is 7.26. The molecule has 12 heavy (non-hydrogen) atoms. The zero-order valence-corrected chi connectivity index (χ0v) is 7.51. The van der Waals surface area contributed by atoms with Crippen molar-refractivity contribution in [2.24, 2.45) is 0 Å². The summed E-state index contributed by atoms with van der Waals surface area (Å²) >= 11 is 0. The van der Waals surface area contributed by atoms with E-state index in [1.165, 1.54) is 5.56 Å². The highest BCUT2D eigenvalue weighted by atomic mass is 14.4. The number of hydrogen-bond donors (Lipinski definition) is 1. The lowest BCUT2D eigenvalue weighted by molar-refractivity contribution is 0.860. The van der Waals surface area contributed by atoms with Crippen LogP contribution in [0, 0.1) is 5.41 Å². The van der Waals surface area contributed by atoms with Crippen molar-refractivity contribution in [2.45, 2.75) is 26.2 Å². The highest BCUT2D eigenvalue weighted by Gasteiger charge is 1.92. The maximum Gasteiger partial charge on any atom is 0.00583 e. The van der Waals surface area contributed by atoms with Crippen molar-refractivity contribution in [1.82, 2.24) is 0 Å². The van der Waals surface area contributed by atoms with Crippen molar-refractivity contribution in [3.05, 3.63) is 35.9 Å². The second-order valence-electron chi connectivity index (χ2n) is 3.12. The molecule has 0 spiro atoms. The van der Waals surface area contributed by atoms with Gasteiger partial charge < -0.3 is 5.41 Å². The van der Waals surface area contributed by atoms with Crippen LogP contribution in [0.5, 0.6) is 0 Å². The third-order valence-electron chi connectivity index (χ3n) is 1.86. The Labute approximate surface area is 73.9 Å². The second-order valence-corrected chi connectivity index (χ2v) is 3.12. The average Bonchev–Trinajstić information content (AvgIpc) is 2.05. The van der Waals surface area contributed by atoms with E-state index >= 15 is 0 Å². The molecule has 1 aromatic carbocycles. The SMILES string of the molecule is CC(=N)CCCc1ccccc1. The predicted molar refractivity (Wildman–Crippen MR) is 52.8 cm³/mol. The van der Waals surface area contributed by atoms with Crippen LogP contribution < -0.4 is 0 Å². The fraction of sp³-hybridized carbons (Fsp3) is 0.364. The second kappa shape index (κ2) is 4.70. The van der Waals surface area contributed by atoms with Gasteiger partial charge in [-0.1, -0.05) is 30.3 Å². The molecule has 0 fully saturated rings. The quantitative estimate of drug-likeness (QED) is 0.656. The number of aryl methyl sites for hydroxylation is 1. The third kappa shape index (κ3) is 3.33. The van der Waals surface area contributed by atoms with Crippen LogP contribution in [0.25, 0.3) is 0 Å². The lowest BCUT2D eigenvalue weighted by Crippen LogP contribution is -1.91. The van der Waals surface area contributed by atoms with Crippen LogP contribution in [0.2, 0.25) is 0 Å². The van der Waals surface area contributed by atoms with E-state index in [9.17, 15) is 0 Å². The van der Waals surface area contributed by atoms with Crippen LogP contribution in [0.4, 0.5) is 0 Å². The summed E-state index contributed by atoms with van der Waals surface area (Å²) in [4.78, 5) is 0. The summed E-state index contributed by atoms with van der Waals surface area (Å²) in [5.74, 6) is 0. The van der Waals surface area contributed by atoms with Gasteiger partial charge in [0.1, 0.15) is 0 Å². The molecule has 0 aromatic heterocycles. The Morgan fingerprint density at radius 3 is 2.50 bits per heavy atom. The van der Waals surface area contributed by atoms with E-state index in [1.54, 1.807) is 0 Å². The lowest BCUT2D eigenvalue weighted by Gasteiger charge is -1.99. The van der Waals surface area contributed by atoms with E-state index in [1.807, 2.05) is 13.0 Å². The Balaban J connectivity index is 2.29. The molecule has 1 nitrogen and oxygen atoms in total. The largest absolute Gasteiger partial charge is 0.310 e. The highest BCUT2D eigenvalue weighted by molar-refractivity contribution is 5.78. The van der Waals surface area contributed by atoms with Gasteiger partial charge in [0.05, 0.1) is 0 Å². The Bertz CT molecular complexity index is 238. The molecule has 0 aliphatic heterocycles. The topological polar surface area (TPSA) is 23.9 Å². The van der Waals surface area contributed by atoms with Crippen LogP contribution >= 0.6 is 0 Å². The zero-order chi connectivity index (χ0) is 8.81. The number of nitrogens with one attached hydrogen (secondary N) is 1. The van der Waals surface area contributed by atoms with E-state index < -0.39 is 0 Å². The Morgan fingerprint density at radius 2 is 1.92 bits per heavy atom. The molecule has 0 saturated carbocycles. The van der Waals surface area contributed by atoms with Gasteiger partial charge in [-0.15, -0.1) is 0 Å². The molecular weight excluding hydrogens is 146 g/mol. The monoisotopic (exact) mass is 161 g/mol. The van der Waals surface area contributed by atoms with Gasteiger partial charge >= 0.3 is 0 Å². The number of rotatable bonds is 4. The summed E-state index contributed by atoms with van der Waals surface area (Å²) in [6.45, 7) is 1.87. The Morgan fingerprint density at radius 1 is 1.25 bits per heavy atom. The summed E-state index contributed by atoms with van der Waals surface area (Å²) in [6.07, 6.45) is 3.12. The first-order valence-corrected chi connectivity index (χ1v) is 4.37. The Hall–Kier alpha value is -1.11. The number of benzene rings is 1. The molecule has 0 heterocycles. The van der Waals surface area contributed by atoms with E-state index in [0.717, 1.165) is 25.0 Å². The van der Waals surface area contributed by atoms with Crippen molar-refractivity contribution in [1.29, 1.82) is 5.41 Å². The van der Waals surface area contributed by atoms with Gasteiger partial charge in [-0.3, -0.25) is 0 Å². The van der Waals surface area contributed by atoms with E-state index in [0.29, 0.717) is 0 Å². The minimum absolute atomic E-state index is 0.783. The summed E-state index contributed by atoms with van der Waals surface area (Å²) in [5.41, 5.74) is 2.16. The first-order valence-electron chi connectivity index (χ1n) is 4.37. The van der Waals surface area contributed by atoms with Crippen molar-refractivity contribution in [2.75, 3.05) is 0 Å². The number of hydrogen-bond acceptors (Lipinski definition) is 1. The molecule has 1 heteroatoms. The summed E-state index contributed by atoms with van der Waals surface area (Å²) < 4.78 is 0. The van der Waals surface area contributed by atoms with Crippen molar-refractivity contribution >= 4 is 5.71 Å². The van der Waals surface area contributed by atoms with Gasteiger partial charge in [0.15, 0.2) is 0 Å². The fourth-order valence-electron chi connectivity index (χ4n) is 1.20. The van der Waals surface area contributed by atoms with Gasteiger partial charge in [-0.05, 0) is 31.7 Å². The predicted octanol–water partition coefficient (Wildman–Crippen LogP) is 3.05. The minimum Gasteiger partial charge on any atom is -0.310 e. The first-order chi connectivity index (χ1) is 5.79. The molecule has 1 N–H and O–H groups in total. The molecule has 1 rings (SSSR count). The van der Waals surface area contributed by atoms with Crippen LogP contribution in [-0.2, 0) is 6.42 Å². The van der Waals surface area contributed by atoms with E-state index in [-0.39, 0.29) is 0 Å². The molecule has 64 valence electrons. The zero-order valence-electron chi connectivity index (χ0n) is 7.51. The van der Waals surface area contributed by atoms with E-state index in [2.05, 4.69) is 24.3 Å². The summed E-state index contributed by atoms with van der Waals surface area (Å²) in [7, 11) is 0. The van der Waals surface area contributed by atoms with Crippen molar-refractivity contribution in [3.8, 4) is 0 Å². The molecule has 0 aliphatic rings. The maximum absolute atomic E-state index is 7.26. The maximum atomic E-state index is 7.26. The summed E-state index contributed by atoms with van der Waals surface area (Å²) in [6, 6.07) is 10.4. The standard InChI is InChI=1S/C11H15N/c1-10(12)6-5-9-11-7-3-2-4-8-11/h2-4,7-8,12H,5-6,9H2,1H3. The van der Waals surface area contributed by atoms with Gasteiger partial charge in [-0.25, -0.2) is 0 Å². The normalized spacial score (nSPS) is 9.75. The molecule has 0 saturated heterocycles. The molecule has 0 bridgehead atoms. The van der Waals surface area contributed by atoms with Crippen molar-refractivity contribution in [3.63, 3.8) is 0 Å². The third-order valence-corrected chi connectivity index (χ3v) is 1.86. The molecule has 0 amide bonds. The van der Waals surface area contributed by atoms with Gasteiger partial charge in [-0.2, -0.15) is 0 Å². The Kier molecular flexibility index (Phi) is 3.52. The average molecular weight is 161 g/mol. The minimum atomic E-state index is 0.783. The van der Waals surface area contributed by atoms with Gasteiger partial charge in [0, 0.05) is 5.71 Å². The van der Waals surface area contributed by atoms with Crippen LogP contribution in [0.15, 0.2) is 30.3 Å². The highest BCUT2D eigenvalue weighted by Crippen LogP contribution is 2.04. The first kappa shape index (κ1) is 8.98. The molecule has 0 radical (unpaired) electrons. The van der Waals surface area contributed by atoms with Gasteiger partial charge in [0.2, 0.25) is 0 Å². The van der Waals surface area contributed by atoms with Crippen LogP contribution in [0.1, 0.15) is 25.3 Å². The fourth-order valence-corrected chi connectivity index (χ4v) is 1.20. The van der Waals surface area contributed by atoms with Crippen LogP contribution in [-0.4, -0.2) is 5.71 Å². The molecule has 0 atom stereocenters. The molecule has 0 unspecified atom stereocenters. The molecular formula is C11H15N. The van der Waals surface area contributed by atoms with E-state index in [4.69, 9.17) is 5.41 Å². The van der Waals surface area contributed by atoms with Gasteiger partial charge in [0.25, 0.3) is 0 Å². The van der Waals surface area contributed by atoms with Crippen LogP contribution in [0.3, 0.4) is 0 Å². The lowest BCUT2D eigenvalue weighted by atomic mass is 10.1. The van der Waals surface area contributed by atoms with Crippen molar-refractivity contribution < 1.29 is 0 Å². The molecule has 1 aromatic rings. The molecule has 0 aliphatic carbocycles. The smallest absolute Gasteiger partial charge is 0.00583 e.